The van der Waals surface area contributed by atoms with Crippen LogP contribution in [0.2, 0.25) is 0 Å². The average molecular weight is 214 g/mol. The van der Waals surface area contributed by atoms with Crippen molar-refractivity contribution in [3.05, 3.63) is 0 Å². The molecule has 2 saturated heterocycles. The molecule has 2 aliphatic heterocycles. The molecule has 2 nitrogen and oxygen atoms in total. The smallest absolute Gasteiger partial charge is 0.114 e. The van der Waals surface area contributed by atoms with Crippen molar-refractivity contribution in [1.82, 2.24) is 10.2 Å². The molecule has 2 rings (SSSR count). The van der Waals surface area contributed by atoms with E-state index in [4.69, 9.17) is 0 Å². The summed E-state index contributed by atoms with van der Waals surface area (Å²) in [7, 11) is 0. The Hall–Kier alpha value is -0.150. The van der Waals surface area contributed by atoms with Crippen molar-refractivity contribution >= 4 is 0 Å². The molecule has 2 aliphatic rings. The summed E-state index contributed by atoms with van der Waals surface area (Å²) in [4.78, 5) is 2.27. The van der Waals surface area contributed by atoms with Gasteiger partial charge in [-0.1, -0.05) is 13.8 Å². The average Bonchev–Trinajstić information content (AvgIpc) is 2.49. The van der Waals surface area contributed by atoms with Crippen LogP contribution < -0.4 is 5.32 Å². The van der Waals surface area contributed by atoms with Gasteiger partial charge in [0.25, 0.3) is 0 Å². The molecule has 2 unspecified atom stereocenters. The second-order valence-electron chi connectivity index (χ2n) is 5.91. The Morgan fingerprint density at radius 3 is 2.87 bits per heavy atom. The quantitative estimate of drug-likeness (QED) is 0.754. The summed E-state index contributed by atoms with van der Waals surface area (Å²) in [5.41, 5.74) is 0.463. The lowest BCUT2D eigenvalue weighted by atomic mass is 9.79. The number of nitrogens with one attached hydrogen (secondary N) is 1. The predicted octanol–water partition coefficient (Wildman–Crippen LogP) is 1.81. The number of rotatable bonds is 2. The van der Waals surface area contributed by atoms with Gasteiger partial charge >= 0.3 is 0 Å². The van der Waals surface area contributed by atoms with Crippen molar-refractivity contribution < 1.29 is 4.39 Å². The van der Waals surface area contributed by atoms with E-state index in [-0.39, 0.29) is 0 Å². The number of alkyl halides is 1. The molecule has 0 aromatic rings. The summed E-state index contributed by atoms with van der Waals surface area (Å²) in [6.45, 7) is 8.42. The Morgan fingerprint density at radius 1 is 1.47 bits per heavy atom. The SMILES string of the molecule is CC1(C)CCNC(CN2CCC(F)C2)C1. The normalized spacial score (nSPS) is 37.0. The first-order valence-corrected chi connectivity index (χ1v) is 6.15. The van der Waals surface area contributed by atoms with Crippen molar-refractivity contribution in [3.63, 3.8) is 0 Å². The predicted molar refractivity (Wildman–Crippen MR) is 60.8 cm³/mol. The third-order valence-electron chi connectivity index (χ3n) is 3.73. The molecule has 0 saturated carbocycles. The molecule has 2 heterocycles. The van der Waals surface area contributed by atoms with Crippen LogP contribution in [0.5, 0.6) is 0 Å². The summed E-state index contributed by atoms with van der Waals surface area (Å²) >= 11 is 0. The summed E-state index contributed by atoms with van der Waals surface area (Å²) in [6.07, 6.45) is 2.63. The molecular weight excluding hydrogens is 191 g/mol. The number of halogens is 1. The van der Waals surface area contributed by atoms with E-state index >= 15 is 0 Å². The van der Waals surface area contributed by atoms with Gasteiger partial charge in [0.15, 0.2) is 0 Å². The molecule has 0 aromatic carbocycles. The van der Waals surface area contributed by atoms with Gasteiger partial charge in [-0.3, -0.25) is 4.90 Å². The highest BCUT2D eigenvalue weighted by Gasteiger charge is 2.30. The maximum Gasteiger partial charge on any atom is 0.114 e. The van der Waals surface area contributed by atoms with E-state index in [1.54, 1.807) is 0 Å². The zero-order valence-corrected chi connectivity index (χ0v) is 9.93. The highest BCUT2D eigenvalue weighted by atomic mass is 19.1. The first kappa shape index (κ1) is 11.3. The summed E-state index contributed by atoms with van der Waals surface area (Å²) in [5.74, 6) is 0. The summed E-state index contributed by atoms with van der Waals surface area (Å²) < 4.78 is 13.0. The lowest BCUT2D eigenvalue weighted by Crippen LogP contribution is -2.47. The van der Waals surface area contributed by atoms with E-state index in [1.165, 1.54) is 12.8 Å². The van der Waals surface area contributed by atoms with Crippen LogP contribution in [0.3, 0.4) is 0 Å². The minimum atomic E-state index is -0.582. The van der Waals surface area contributed by atoms with Gasteiger partial charge in [-0.05, 0) is 31.2 Å². The van der Waals surface area contributed by atoms with Crippen LogP contribution in [-0.2, 0) is 0 Å². The first-order valence-electron chi connectivity index (χ1n) is 6.15. The van der Waals surface area contributed by atoms with Crippen LogP contribution in [-0.4, -0.2) is 43.3 Å². The fraction of sp³-hybridized carbons (Fsp3) is 1.00. The second kappa shape index (κ2) is 4.38. The lowest BCUT2D eigenvalue weighted by molar-refractivity contribution is 0.169. The molecule has 88 valence electrons. The van der Waals surface area contributed by atoms with Gasteiger partial charge in [0, 0.05) is 25.7 Å². The molecule has 0 bridgehead atoms. The number of nitrogens with zero attached hydrogens (tertiary/aromatic N) is 1. The second-order valence-corrected chi connectivity index (χ2v) is 5.91. The van der Waals surface area contributed by atoms with Gasteiger partial charge in [-0.2, -0.15) is 0 Å². The van der Waals surface area contributed by atoms with Gasteiger partial charge in [0.05, 0.1) is 0 Å². The molecule has 0 aromatic heterocycles. The molecule has 0 radical (unpaired) electrons. The molecule has 0 spiro atoms. The van der Waals surface area contributed by atoms with Crippen molar-refractivity contribution in [2.75, 3.05) is 26.2 Å². The van der Waals surface area contributed by atoms with Crippen molar-refractivity contribution in [3.8, 4) is 0 Å². The van der Waals surface area contributed by atoms with Crippen molar-refractivity contribution in [2.24, 2.45) is 5.41 Å². The third-order valence-corrected chi connectivity index (χ3v) is 3.73. The van der Waals surface area contributed by atoms with E-state index in [1.807, 2.05) is 0 Å². The van der Waals surface area contributed by atoms with Gasteiger partial charge in [-0.15, -0.1) is 0 Å². The van der Waals surface area contributed by atoms with Gasteiger partial charge < -0.3 is 5.32 Å². The van der Waals surface area contributed by atoms with Gasteiger partial charge in [-0.25, -0.2) is 4.39 Å². The van der Waals surface area contributed by atoms with Crippen LogP contribution in [0.1, 0.15) is 33.1 Å². The summed E-state index contributed by atoms with van der Waals surface area (Å²) in [5, 5.41) is 3.55. The fourth-order valence-electron chi connectivity index (χ4n) is 2.85. The molecule has 2 fully saturated rings. The maximum atomic E-state index is 13.0. The van der Waals surface area contributed by atoms with Crippen LogP contribution in [0.15, 0.2) is 0 Å². The lowest BCUT2D eigenvalue weighted by Gasteiger charge is -2.37. The fourth-order valence-corrected chi connectivity index (χ4v) is 2.85. The number of piperidine rings is 1. The van der Waals surface area contributed by atoms with Crippen LogP contribution in [0.4, 0.5) is 4.39 Å². The van der Waals surface area contributed by atoms with E-state index in [0.717, 1.165) is 26.1 Å². The number of hydrogen-bond donors (Lipinski definition) is 1. The van der Waals surface area contributed by atoms with Gasteiger partial charge in [0.2, 0.25) is 0 Å². The molecule has 3 heteroatoms. The maximum absolute atomic E-state index is 13.0. The van der Waals surface area contributed by atoms with E-state index in [0.29, 0.717) is 18.0 Å². The molecule has 1 N–H and O–H groups in total. The van der Waals surface area contributed by atoms with Crippen molar-refractivity contribution in [1.29, 1.82) is 0 Å². The molecule has 2 atom stereocenters. The molecule has 15 heavy (non-hydrogen) atoms. The Labute approximate surface area is 92.2 Å². The molecule has 0 aliphatic carbocycles. The van der Waals surface area contributed by atoms with E-state index < -0.39 is 6.17 Å². The minimum Gasteiger partial charge on any atom is -0.313 e. The Balaban J connectivity index is 1.79. The highest BCUT2D eigenvalue weighted by Crippen LogP contribution is 2.30. The van der Waals surface area contributed by atoms with Crippen LogP contribution >= 0.6 is 0 Å². The topological polar surface area (TPSA) is 15.3 Å². The number of hydrogen-bond acceptors (Lipinski definition) is 2. The minimum absolute atomic E-state index is 0.463. The van der Waals surface area contributed by atoms with E-state index in [9.17, 15) is 4.39 Å². The highest BCUT2D eigenvalue weighted by molar-refractivity contribution is 4.87. The largest absolute Gasteiger partial charge is 0.313 e. The standard InChI is InChI=1S/C12H23FN2/c1-12(2)4-5-14-11(7-12)9-15-6-3-10(13)8-15/h10-11,14H,3-9H2,1-2H3. The summed E-state index contributed by atoms with van der Waals surface area (Å²) in [6, 6.07) is 0.569. The zero-order valence-electron chi connectivity index (χ0n) is 9.93. The molecular formula is C12H23FN2. The van der Waals surface area contributed by atoms with E-state index in [2.05, 4.69) is 24.1 Å². The zero-order chi connectivity index (χ0) is 10.9. The van der Waals surface area contributed by atoms with Gasteiger partial charge in [0.1, 0.15) is 6.17 Å². The number of likely N-dealkylation sites (tertiary alicyclic amines) is 1. The first-order chi connectivity index (χ1) is 7.05. The van der Waals surface area contributed by atoms with Crippen LogP contribution in [0, 0.1) is 5.41 Å². The molecule has 0 amide bonds. The third kappa shape index (κ3) is 3.15. The Kier molecular flexibility index (Phi) is 3.31. The van der Waals surface area contributed by atoms with Crippen molar-refractivity contribution in [2.45, 2.75) is 45.3 Å². The Bertz CT molecular complexity index is 218. The monoisotopic (exact) mass is 214 g/mol. The van der Waals surface area contributed by atoms with Crippen LogP contribution in [0.25, 0.3) is 0 Å². The Morgan fingerprint density at radius 2 is 2.27 bits per heavy atom.